The van der Waals surface area contributed by atoms with Gasteiger partial charge in [-0.2, -0.15) is 0 Å². The maximum absolute atomic E-state index is 12.4. The average Bonchev–Trinajstić information content (AvgIpc) is 3.09. The first-order valence-corrected chi connectivity index (χ1v) is 7.76. The molecule has 0 bridgehead atoms. The number of hydrogen-bond acceptors (Lipinski definition) is 4. The first-order chi connectivity index (χ1) is 11.6. The van der Waals surface area contributed by atoms with Gasteiger partial charge in [0.1, 0.15) is 11.0 Å². The largest absolute Gasteiger partial charge is 0.361 e. The lowest BCUT2D eigenvalue weighted by Gasteiger charge is -2.12. The number of aryl methyl sites for hydroxylation is 1. The maximum atomic E-state index is 12.4. The van der Waals surface area contributed by atoms with Crippen molar-refractivity contribution in [3.05, 3.63) is 70.9 Å². The normalized spacial score (nSPS) is 10.4. The number of imidazole rings is 1. The topological polar surface area (TPSA) is 82.7 Å². The number of benzene rings is 1. The van der Waals surface area contributed by atoms with Crippen LogP contribution in [0.4, 0.5) is 11.5 Å². The van der Waals surface area contributed by atoms with E-state index in [1.54, 1.807) is 36.7 Å². The number of carbonyl (C=O) groups is 1. The fourth-order valence-corrected chi connectivity index (χ4v) is 2.28. The minimum Gasteiger partial charge on any atom is -0.361 e. The lowest BCUT2D eigenvalue weighted by molar-refractivity contribution is 0.102. The van der Waals surface area contributed by atoms with Gasteiger partial charge in [0, 0.05) is 18.0 Å². The molecule has 0 fully saturated rings. The predicted molar refractivity (Wildman–Crippen MR) is 94.3 cm³/mol. The lowest BCUT2D eigenvalue weighted by Crippen LogP contribution is -2.14. The number of pyridine rings is 1. The molecule has 0 radical (unpaired) electrons. The van der Waals surface area contributed by atoms with E-state index in [9.17, 15) is 4.79 Å². The Kier molecular flexibility index (Phi) is 4.77. The van der Waals surface area contributed by atoms with Crippen molar-refractivity contribution in [1.82, 2.24) is 15.0 Å². The van der Waals surface area contributed by atoms with Crippen LogP contribution in [0.3, 0.4) is 0 Å². The molecule has 1 aromatic carbocycles. The molecule has 0 atom stereocenters. The number of aromatic nitrogens is 3. The zero-order valence-corrected chi connectivity index (χ0v) is 13.8. The van der Waals surface area contributed by atoms with Crippen molar-refractivity contribution in [3.8, 4) is 0 Å². The van der Waals surface area contributed by atoms with Gasteiger partial charge in [-0.25, -0.2) is 9.97 Å². The average molecular weight is 342 g/mol. The summed E-state index contributed by atoms with van der Waals surface area (Å²) in [5, 5.41) is 6.31. The molecule has 3 aromatic rings. The molecule has 1 amide bonds. The molecule has 3 N–H and O–H groups in total. The van der Waals surface area contributed by atoms with Gasteiger partial charge in [-0.1, -0.05) is 29.3 Å². The molecule has 3 rings (SSSR count). The summed E-state index contributed by atoms with van der Waals surface area (Å²) in [6.07, 6.45) is 3.41. The highest BCUT2D eigenvalue weighted by Crippen LogP contribution is 2.23. The first-order valence-electron chi connectivity index (χ1n) is 7.38. The van der Waals surface area contributed by atoms with Crippen LogP contribution in [-0.4, -0.2) is 20.9 Å². The highest BCUT2D eigenvalue weighted by atomic mass is 35.5. The van der Waals surface area contributed by atoms with Gasteiger partial charge in [0.25, 0.3) is 5.91 Å². The molecule has 0 unspecified atom stereocenters. The molecular weight excluding hydrogens is 326 g/mol. The third-order valence-corrected chi connectivity index (χ3v) is 3.61. The molecule has 0 saturated carbocycles. The predicted octanol–water partition coefficient (Wildman–Crippen LogP) is 3.63. The molecular formula is C17H16ClN5O. The van der Waals surface area contributed by atoms with Crippen molar-refractivity contribution >= 4 is 29.0 Å². The first kappa shape index (κ1) is 16.0. The quantitative estimate of drug-likeness (QED) is 0.619. The minimum absolute atomic E-state index is 0.208. The van der Waals surface area contributed by atoms with Crippen LogP contribution in [-0.2, 0) is 6.54 Å². The second kappa shape index (κ2) is 7.14. The van der Waals surface area contributed by atoms with Crippen molar-refractivity contribution in [2.75, 3.05) is 10.6 Å². The molecule has 122 valence electrons. The van der Waals surface area contributed by atoms with Crippen molar-refractivity contribution in [3.63, 3.8) is 0 Å². The van der Waals surface area contributed by atoms with E-state index in [1.807, 2.05) is 19.1 Å². The van der Waals surface area contributed by atoms with Gasteiger partial charge in [-0.05, 0) is 31.2 Å². The van der Waals surface area contributed by atoms with Crippen LogP contribution in [0.1, 0.15) is 21.7 Å². The highest BCUT2D eigenvalue weighted by molar-refractivity contribution is 6.29. The standard InChI is InChI=1S/C17H16ClN5O/c1-11-2-4-12(5-3-11)17(24)22-13-6-7-14(18)23-16(13)21-10-15-19-8-9-20-15/h2-9H,10H2,1H3,(H,19,20)(H,21,23)(H,22,24). The van der Waals surface area contributed by atoms with Crippen molar-refractivity contribution in [1.29, 1.82) is 0 Å². The Morgan fingerprint density at radius 2 is 2.00 bits per heavy atom. The zero-order valence-electron chi connectivity index (χ0n) is 13.0. The lowest BCUT2D eigenvalue weighted by atomic mass is 10.1. The van der Waals surface area contributed by atoms with E-state index in [-0.39, 0.29) is 5.91 Å². The number of anilines is 2. The second-order valence-electron chi connectivity index (χ2n) is 5.24. The third kappa shape index (κ3) is 3.91. The molecule has 7 heteroatoms. The van der Waals surface area contributed by atoms with Gasteiger partial charge in [0.05, 0.1) is 12.2 Å². The van der Waals surface area contributed by atoms with E-state index >= 15 is 0 Å². The van der Waals surface area contributed by atoms with Gasteiger partial charge >= 0.3 is 0 Å². The molecule has 6 nitrogen and oxygen atoms in total. The number of aromatic amines is 1. The van der Waals surface area contributed by atoms with Crippen LogP contribution in [0.25, 0.3) is 0 Å². The van der Waals surface area contributed by atoms with Crippen molar-refractivity contribution in [2.24, 2.45) is 0 Å². The SMILES string of the molecule is Cc1ccc(C(=O)Nc2ccc(Cl)nc2NCc2ncc[nH]2)cc1. The van der Waals surface area contributed by atoms with E-state index in [0.717, 1.165) is 11.4 Å². The summed E-state index contributed by atoms with van der Waals surface area (Å²) in [6.45, 7) is 2.41. The van der Waals surface area contributed by atoms with Crippen molar-refractivity contribution in [2.45, 2.75) is 13.5 Å². The van der Waals surface area contributed by atoms with E-state index in [4.69, 9.17) is 11.6 Å². The Bertz CT molecular complexity index is 831. The fourth-order valence-electron chi connectivity index (χ4n) is 2.13. The van der Waals surface area contributed by atoms with Gasteiger partial charge in [0.15, 0.2) is 5.82 Å². The molecule has 0 saturated heterocycles. The number of hydrogen-bond donors (Lipinski definition) is 3. The Morgan fingerprint density at radius 3 is 2.71 bits per heavy atom. The van der Waals surface area contributed by atoms with Gasteiger partial charge in [-0.15, -0.1) is 0 Å². The number of nitrogens with zero attached hydrogens (tertiary/aromatic N) is 2. The van der Waals surface area contributed by atoms with Crippen LogP contribution < -0.4 is 10.6 Å². The Labute approximate surface area is 144 Å². The smallest absolute Gasteiger partial charge is 0.255 e. The zero-order chi connectivity index (χ0) is 16.9. The summed E-state index contributed by atoms with van der Waals surface area (Å²) in [5.74, 6) is 1.03. The van der Waals surface area contributed by atoms with E-state index < -0.39 is 0 Å². The molecule has 2 heterocycles. The molecule has 24 heavy (non-hydrogen) atoms. The van der Waals surface area contributed by atoms with E-state index in [0.29, 0.717) is 28.8 Å². The number of halogens is 1. The number of amides is 1. The van der Waals surface area contributed by atoms with Crippen molar-refractivity contribution < 1.29 is 4.79 Å². The van der Waals surface area contributed by atoms with Crippen LogP contribution in [0, 0.1) is 6.92 Å². The molecule has 0 aliphatic rings. The van der Waals surface area contributed by atoms with E-state index in [1.165, 1.54) is 0 Å². The second-order valence-corrected chi connectivity index (χ2v) is 5.63. The van der Waals surface area contributed by atoms with Gasteiger partial charge in [0.2, 0.25) is 0 Å². The minimum atomic E-state index is -0.208. The number of rotatable bonds is 5. The number of nitrogens with one attached hydrogen (secondary N) is 3. The highest BCUT2D eigenvalue weighted by Gasteiger charge is 2.11. The molecule has 2 aromatic heterocycles. The summed E-state index contributed by atoms with van der Waals surface area (Å²) < 4.78 is 0. The Balaban J connectivity index is 1.76. The van der Waals surface area contributed by atoms with Gasteiger partial charge in [-0.3, -0.25) is 4.79 Å². The number of carbonyl (C=O) groups excluding carboxylic acids is 1. The fraction of sp³-hybridized carbons (Fsp3) is 0.118. The van der Waals surface area contributed by atoms with Crippen LogP contribution >= 0.6 is 11.6 Å². The molecule has 0 spiro atoms. The Hall–Kier alpha value is -2.86. The van der Waals surface area contributed by atoms with Crippen LogP contribution in [0.5, 0.6) is 0 Å². The maximum Gasteiger partial charge on any atom is 0.255 e. The number of H-pyrrole nitrogens is 1. The van der Waals surface area contributed by atoms with Gasteiger partial charge < -0.3 is 15.6 Å². The van der Waals surface area contributed by atoms with E-state index in [2.05, 4.69) is 25.6 Å². The summed E-state index contributed by atoms with van der Waals surface area (Å²) in [7, 11) is 0. The monoisotopic (exact) mass is 341 g/mol. The summed E-state index contributed by atoms with van der Waals surface area (Å²) in [6, 6.07) is 10.7. The summed E-state index contributed by atoms with van der Waals surface area (Å²) in [4.78, 5) is 23.7. The third-order valence-electron chi connectivity index (χ3n) is 3.40. The molecule has 0 aliphatic carbocycles. The molecule has 0 aliphatic heterocycles. The summed E-state index contributed by atoms with van der Waals surface area (Å²) >= 11 is 5.96. The summed E-state index contributed by atoms with van der Waals surface area (Å²) in [5.41, 5.74) is 2.23. The Morgan fingerprint density at radius 1 is 1.21 bits per heavy atom. The van der Waals surface area contributed by atoms with Crippen LogP contribution in [0.2, 0.25) is 5.15 Å². The van der Waals surface area contributed by atoms with Crippen LogP contribution in [0.15, 0.2) is 48.8 Å².